The second kappa shape index (κ2) is 12.4. The quantitative estimate of drug-likeness (QED) is 0.266. The van der Waals surface area contributed by atoms with E-state index < -0.39 is 6.10 Å². The fourth-order valence-electron chi connectivity index (χ4n) is 3.58. The molecule has 0 saturated carbocycles. The van der Waals surface area contributed by atoms with Crippen LogP contribution in [0.1, 0.15) is 24.0 Å². The Kier molecular flexibility index (Phi) is 9.07. The van der Waals surface area contributed by atoms with E-state index in [-0.39, 0.29) is 19.0 Å². The van der Waals surface area contributed by atoms with E-state index in [0.717, 1.165) is 16.7 Å². The first-order valence-electron chi connectivity index (χ1n) is 11.0. The highest BCUT2D eigenvalue weighted by molar-refractivity contribution is 5.83. The molecule has 3 N–H and O–H groups in total. The zero-order chi connectivity index (χ0) is 23.5. The van der Waals surface area contributed by atoms with Crippen LogP contribution in [0.3, 0.4) is 0 Å². The summed E-state index contributed by atoms with van der Waals surface area (Å²) in [6.45, 7) is 4.08. The first kappa shape index (κ1) is 24.1. The summed E-state index contributed by atoms with van der Waals surface area (Å²) in [6, 6.07) is 26.5. The van der Waals surface area contributed by atoms with Crippen LogP contribution in [0.5, 0.6) is 11.5 Å². The molecule has 3 rings (SSSR count). The van der Waals surface area contributed by atoms with Crippen LogP contribution in [-0.2, 0) is 0 Å². The van der Waals surface area contributed by atoms with Gasteiger partial charge in [0, 0.05) is 5.56 Å². The zero-order valence-corrected chi connectivity index (χ0v) is 18.6. The molecular formula is C29H30O4. The Labute approximate surface area is 195 Å². The highest BCUT2D eigenvalue weighted by atomic mass is 16.5. The summed E-state index contributed by atoms with van der Waals surface area (Å²) >= 11 is 0. The van der Waals surface area contributed by atoms with Gasteiger partial charge >= 0.3 is 0 Å². The lowest BCUT2D eigenvalue weighted by atomic mass is 9.92. The molecule has 0 radical (unpaired) electrons. The molecule has 0 fully saturated rings. The molecule has 4 nitrogen and oxygen atoms in total. The van der Waals surface area contributed by atoms with Crippen molar-refractivity contribution in [3.63, 3.8) is 0 Å². The molecule has 1 unspecified atom stereocenters. The molecule has 0 bridgehead atoms. The highest BCUT2D eigenvalue weighted by Crippen LogP contribution is 2.29. The molecule has 0 aliphatic rings. The van der Waals surface area contributed by atoms with Crippen molar-refractivity contribution in [2.75, 3.05) is 13.2 Å². The van der Waals surface area contributed by atoms with E-state index >= 15 is 0 Å². The molecule has 3 aromatic rings. The zero-order valence-electron chi connectivity index (χ0n) is 18.6. The van der Waals surface area contributed by atoms with Gasteiger partial charge in [0.25, 0.3) is 0 Å². The van der Waals surface area contributed by atoms with Crippen LogP contribution in [0, 0.1) is 0 Å². The number of hydrogen-bond donors (Lipinski definition) is 3. The van der Waals surface area contributed by atoms with Crippen LogP contribution in [0.4, 0.5) is 0 Å². The monoisotopic (exact) mass is 442 g/mol. The Bertz CT molecular complexity index is 1080. The van der Waals surface area contributed by atoms with Crippen LogP contribution >= 0.6 is 0 Å². The largest absolute Gasteiger partial charge is 0.507 e. The molecule has 1 atom stereocenters. The average molecular weight is 443 g/mol. The van der Waals surface area contributed by atoms with Crippen LogP contribution in [-0.4, -0.2) is 34.6 Å². The fraction of sp³-hybridized carbons (Fsp3) is 0.172. The Balaban J connectivity index is 1.73. The van der Waals surface area contributed by atoms with Crippen molar-refractivity contribution < 1.29 is 20.1 Å². The number of allylic oxidation sites excluding steroid dienone is 1. The summed E-state index contributed by atoms with van der Waals surface area (Å²) in [4.78, 5) is 0. The van der Waals surface area contributed by atoms with Crippen molar-refractivity contribution in [3.05, 3.63) is 120 Å². The number of aliphatic hydroxyl groups excluding tert-OH is 2. The lowest BCUT2D eigenvalue weighted by Crippen LogP contribution is -2.16. The van der Waals surface area contributed by atoms with Gasteiger partial charge < -0.3 is 20.1 Å². The van der Waals surface area contributed by atoms with E-state index in [2.05, 4.69) is 6.58 Å². The summed E-state index contributed by atoms with van der Waals surface area (Å²) in [5.41, 5.74) is 3.92. The molecule has 170 valence electrons. The summed E-state index contributed by atoms with van der Waals surface area (Å²) in [7, 11) is 0. The molecule has 0 aromatic heterocycles. The number of ether oxygens (including phenoxy) is 1. The molecule has 0 saturated heterocycles. The predicted molar refractivity (Wildman–Crippen MR) is 134 cm³/mol. The minimum atomic E-state index is -0.819. The SMILES string of the molecule is C=C(COc1ccccc1)/C(=C/CO)C(O)CC/C(=C/c1ccccc1O)c1ccccc1. The Morgan fingerprint density at radius 3 is 2.21 bits per heavy atom. The molecule has 4 heteroatoms. The van der Waals surface area contributed by atoms with Crippen molar-refractivity contribution in [2.24, 2.45) is 0 Å². The van der Waals surface area contributed by atoms with Crippen LogP contribution in [0.2, 0.25) is 0 Å². The van der Waals surface area contributed by atoms with Crippen molar-refractivity contribution >= 4 is 11.6 Å². The summed E-state index contributed by atoms with van der Waals surface area (Å²) < 4.78 is 5.76. The lowest BCUT2D eigenvalue weighted by Gasteiger charge is -2.19. The number of aromatic hydroxyl groups is 1. The van der Waals surface area contributed by atoms with Gasteiger partial charge in [-0.25, -0.2) is 0 Å². The number of aliphatic hydroxyl groups is 2. The number of hydrogen-bond acceptors (Lipinski definition) is 4. The van der Waals surface area contributed by atoms with Gasteiger partial charge in [-0.15, -0.1) is 0 Å². The van der Waals surface area contributed by atoms with Crippen molar-refractivity contribution in [3.8, 4) is 11.5 Å². The maximum Gasteiger partial charge on any atom is 0.122 e. The molecule has 0 spiro atoms. The van der Waals surface area contributed by atoms with E-state index in [4.69, 9.17) is 4.74 Å². The standard InChI is InChI=1S/C29H30O4/c1-22(21-33-26-13-6-3-7-14-26)27(18-19-30)29(32)17-16-24(23-10-4-2-5-11-23)20-25-12-8-9-15-28(25)31/h2-15,18,20,29-32H,1,16-17,19,21H2/b24-20-,27-18-. The molecular weight excluding hydrogens is 412 g/mol. The van der Waals surface area contributed by atoms with E-state index in [1.807, 2.05) is 78.9 Å². The number of phenols is 1. The topological polar surface area (TPSA) is 69.9 Å². The maximum absolute atomic E-state index is 11.0. The van der Waals surface area contributed by atoms with Crippen LogP contribution in [0.15, 0.2) is 109 Å². The lowest BCUT2D eigenvalue weighted by molar-refractivity contribution is 0.200. The molecule has 0 aliphatic carbocycles. The Hall–Kier alpha value is -3.60. The predicted octanol–water partition coefficient (Wildman–Crippen LogP) is 5.63. The summed E-state index contributed by atoms with van der Waals surface area (Å²) in [6.07, 6.45) is 3.69. The minimum absolute atomic E-state index is 0.198. The third-order valence-electron chi connectivity index (χ3n) is 5.33. The molecule has 3 aromatic carbocycles. The summed E-state index contributed by atoms with van der Waals surface area (Å²) in [5.74, 6) is 0.923. The molecule has 33 heavy (non-hydrogen) atoms. The third kappa shape index (κ3) is 7.21. The number of para-hydroxylation sites is 2. The Morgan fingerprint density at radius 2 is 1.55 bits per heavy atom. The normalized spacial score (nSPS) is 12.9. The fourth-order valence-corrected chi connectivity index (χ4v) is 3.58. The van der Waals surface area contributed by atoms with E-state index in [1.165, 1.54) is 0 Å². The smallest absolute Gasteiger partial charge is 0.122 e. The molecule has 0 amide bonds. The van der Waals surface area contributed by atoms with Crippen LogP contribution < -0.4 is 4.74 Å². The van der Waals surface area contributed by atoms with Gasteiger partial charge in [-0.05, 0) is 59.4 Å². The molecule has 0 heterocycles. The van der Waals surface area contributed by atoms with E-state index in [1.54, 1.807) is 18.2 Å². The number of phenolic OH excluding ortho intramolecular Hbond substituents is 1. The van der Waals surface area contributed by atoms with Gasteiger partial charge in [0.15, 0.2) is 0 Å². The van der Waals surface area contributed by atoms with Gasteiger partial charge in [-0.3, -0.25) is 0 Å². The highest BCUT2D eigenvalue weighted by Gasteiger charge is 2.16. The van der Waals surface area contributed by atoms with Gasteiger partial charge in [-0.2, -0.15) is 0 Å². The van der Waals surface area contributed by atoms with Crippen molar-refractivity contribution in [1.29, 1.82) is 0 Å². The van der Waals surface area contributed by atoms with Gasteiger partial charge in [-0.1, -0.05) is 79.4 Å². The number of rotatable bonds is 11. The maximum atomic E-state index is 11.0. The van der Waals surface area contributed by atoms with E-state index in [9.17, 15) is 15.3 Å². The Morgan fingerprint density at radius 1 is 0.909 bits per heavy atom. The van der Waals surface area contributed by atoms with Crippen molar-refractivity contribution in [2.45, 2.75) is 18.9 Å². The average Bonchev–Trinajstić information content (AvgIpc) is 2.85. The van der Waals surface area contributed by atoms with E-state index in [0.29, 0.717) is 29.7 Å². The first-order chi connectivity index (χ1) is 16.1. The third-order valence-corrected chi connectivity index (χ3v) is 5.33. The van der Waals surface area contributed by atoms with Gasteiger partial charge in [0.05, 0.1) is 12.7 Å². The second-order valence-electron chi connectivity index (χ2n) is 7.70. The van der Waals surface area contributed by atoms with Gasteiger partial charge in [0.1, 0.15) is 18.1 Å². The number of benzene rings is 3. The van der Waals surface area contributed by atoms with Crippen LogP contribution in [0.25, 0.3) is 11.6 Å². The van der Waals surface area contributed by atoms with Crippen molar-refractivity contribution in [1.82, 2.24) is 0 Å². The van der Waals surface area contributed by atoms with Gasteiger partial charge in [0.2, 0.25) is 0 Å². The summed E-state index contributed by atoms with van der Waals surface area (Å²) in [5, 5.41) is 30.7. The second-order valence-corrected chi connectivity index (χ2v) is 7.70. The molecule has 0 aliphatic heterocycles. The first-order valence-corrected chi connectivity index (χ1v) is 11.0. The minimum Gasteiger partial charge on any atom is -0.507 e.